The number of hydrazine groups is 1. The van der Waals surface area contributed by atoms with Crippen LogP contribution in [-0.2, 0) is 12.4 Å². The summed E-state index contributed by atoms with van der Waals surface area (Å²) in [4.78, 5) is 15.7. The molecule has 0 unspecified atom stereocenters. The standard InChI is InChI=1S/C20H13F6N3O2/c21-19(22,23)13-2-1-3-15(10-13)28-29-18(30)12-4-7-16(8-5-12)31-17-9-6-14(11-27-17)20(24,25)26/h1-11,28H,(H,29,30). The molecule has 0 atom stereocenters. The summed E-state index contributed by atoms with van der Waals surface area (Å²) in [5, 5.41) is 0. The van der Waals surface area contributed by atoms with Gasteiger partial charge in [0.05, 0.1) is 16.8 Å². The van der Waals surface area contributed by atoms with Gasteiger partial charge in [0.1, 0.15) is 5.75 Å². The number of nitrogens with one attached hydrogen (secondary N) is 2. The van der Waals surface area contributed by atoms with Gasteiger partial charge in [0.2, 0.25) is 5.88 Å². The number of amides is 1. The lowest BCUT2D eigenvalue weighted by molar-refractivity contribution is -0.138. The zero-order chi connectivity index (χ0) is 22.6. The van der Waals surface area contributed by atoms with Crippen molar-refractivity contribution in [2.24, 2.45) is 0 Å². The van der Waals surface area contributed by atoms with Gasteiger partial charge in [0.15, 0.2) is 0 Å². The molecule has 0 saturated carbocycles. The Balaban J connectivity index is 1.59. The molecule has 0 aliphatic carbocycles. The van der Waals surface area contributed by atoms with Crippen molar-refractivity contribution in [3.8, 4) is 11.6 Å². The second-order valence-electron chi connectivity index (χ2n) is 6.17. The van der Waals surface area contributed by atoms with Gasteiger partial charge in [-0.25, -0.2) is 4.98 Å². The third-order valence-corrected chi connectivity index (χ3v) is 3.91. The summed E-state index contributed by atoms with van der Waals surface area (Å²) >= 11 is 0. The molecule has 5 nitrogen and oxygen atoms in total. The maximum atomic E-state index is 12.7. The first-order valence-electron chi connectivity index (χ1n) is 8.57. The molecule has 0 radical (unpaired) electrons. The van der Waals surface area contributed by atoms with Crippen molar-refractivity contribution in [2.45, 2.75) is 12.4 Å². The Kier molecular flexibility index (Phi) is 6.04. The molecular formula is C20H13F6N3O2. The van der Waals surface area contributed by atoms with Gasteiger partial charge >= 0.3 is 12.4 Å². The average Bonchev–Trinajstić information content (AvgIpc) is 2.72. The number of hydrogen-bond acceptors (Lipinski definition) is 4. The highest BCUT2D eigenvalue weighted by molar-refractivity contribution is 5.95. The molecule has 0 spiro atoms. The molecule has 1 amide bonds. The Morgan fingerprint density at radius 1 is 0.839 bits per heavy atom. The zero-order valence-electron chi connectivity index (χ0n) is 15.4. The SMILES string of the molecule is O=C(NNc1cccc(C(F)(F)F)c1)c1ccc(Oc2ccc(C(F)(F)F)cn2)cc1. The number of alkyl halides is 6. The van der Waals surface area contributed by atoms with Crippen LogP contribution in [0.3, 0.4) is 0 Å². The minimum Gasteiger partial charge on any atom is -0.439 e. The fourth-order valence-electron chi connectivity index (χ4n) is 2.38. The molecule has 0 saturated heterocycles. The molecule has 2 aromatic carbocycles. The van der Waals surface area contributed by atoms with Gasteiger partial charge in [-0.2, -0.15) is 26.3 Å². The first-order valence-corrected chi connectivity index (χ1v) is 8.57. The van der Waals surface area contributed by atoms with E-state index in [4.69, 9.17) is 4.74 Å². The first-order chi connectivity index (χ1) is 14.5. The number of carbonyl (C=O) groups is 1. The fourth-order valence-corrected chi connectivity index (χ4v) is 2.38. The fraction of sp³-hybridized carbons (Fsp3) is 0.100. The van der Waals surface area contributed by atoms with E-state index in [1.165, 1.54) is 36.4 Å². The van der Waals surface area contributed by atoms with Gasteiger partial charge < -0.3 is 4.74 Å². The quantitative estimate of drug-likeness (QED) is 0.396. The largest absolute Gasteiger partial charge is 0.439 e. The van der Waals surface area contributed by atoms with Gasteiger partial charge in [-0.1, -0.05) is 6.07 Å². The van der Waals surface area contributed by atoms with Gasteiger partial charge in [0, 0.05) is 17.8 Å². The summed E-state index contributed by atoms with van der Waals surface area (Å²) < 4.78 is 81.1. The normalized spacial score (nSPS) is 11.7. The number of nitrogens with zero attached hydrogens (tertiary/aromatic N) is 1. The van der Waals surface area contributed by atoms with Crippen LogP contribution in [0.25, 0.3) is 0 Å². The molecule has 0 fully saturated rings. The summed E-state index contributed by atoms with van der Waals surface area (Å²) in [6, 6.07) is 11.7. The smallest absolute Gasteiger partial charge is 0.417 e. The third-order valence-electron chi connectivity index (χ3n) is 3.91. The third kappa shape index (κ3) is 5.87. The van der Waals surface area contributed by atoms with Crippen LogP contribution in [0.1, 0.15) is 21.5 Å². The highest BCUT2D eigenvalue weighted by Crippen LogP contribution is 2.31. The molecule has 0 aliphatic heterocycles. The summed E-state index contributed by atoms with van der Waals surface area (Å²) in [5.41, 5.74) is 3.07. The number of aromatic nitrogens is 1. The van der Waals surface area contributed by atoms with Crippen LogP contribution in [0.4, 0.5) is 32.0 Å². The summed E-state index contributed by atoms with van der Waals surface area (Å²) in [6.45, 7) is 0. The second-order valence-corrected chi connectivity index (χ2v) is 6.17. The summed E-state index contributed by atoms with van der Waals surface area (Å²) in [7, 11) is 0. The predicted molar refractivity (Wildman–Crippen MR) is 98.3 cm³/mol. The first kappa shape index (κ1) is 21.9. The Morgan fingerprint density at radius 2 is 1.52 bits per heavy atom. The van der Waals surface area contributed by atoms with Crippen molar-refractivity contribution in [3.05, 3.63) is 83.6 Å². The minimum atomic E-state index is -4.51. The van der Waals surface area contributed by atoms with Crippen LogP contribution in [-0.4, -0.2) is 10.9 Å². The Labute approximate surface area is 171 Å². The van der Waals surface area contributed by atoms with E-state index in [1.54, 1.807) is 0 Å². The van der Waals surface area contributed by atoms with E-state index >= 15 is 0 Å². The van der Waals surface area contributed by atoms with Crippen molar-refractivity contribution in [1.82, 2.24) is 10.4 Å². The molecule has 3 rings (SSSR count). The molecule has 0 aliphatic rings. The van der Waals surface area contributed by atoms with Crippen LogP contribution < -0.4 is 15.6 Å². The van der Waals surface area contributed by atoms with E-state index in [1.807, 2.05) is 0 Å². The van der Waals surface area contributed by atoms with Gasteiger partial charge in [-0.3, -0.25) is 15.6 Å². The van der Waals surface area contributed by atoms with Crippen LogP contribution in [0.15, 0.2) is 66.9 Å². The molecule has 1 heterocycles. The van der Waals surface area contributed by atoms with Gasteiger partial charge in [-0.05, 0) is 48.5 Å². The zero-order valence-corrected chi connectivity index (χ0v) is 15.4. The van der Waals surface area contributed by atoms with E-state index in [0.717, 1.165) is 24.3 Å². The number of ether oxygens (including phenoxy) is 1. The van der Waals surface area contributed by atoms with Gasteiger partial charge in [-0.15, -0.1) is 0 Å². The maximum Gasteiger partial charge on any atom is 0.417 e. The van der Waals surface area contributed by atoms with Crippen molar-refractivity contribution in [3.63, 3.8) is 0 Å². The van der Waals surface area contributed by atoms with E-state index in [9.17, 15) is 31.1 Å². The van der Waals surface area contributed by atoms with E-state index in [0.29, 0.717) is 6.20 Å². The lowest BCUT2D eigenvalue weighted by atomic mass is 10.2. The average molecular weight is 441 g/mol. The van der Waals surface area contributed by atoms with E-state index in [2.05, 4.69) is 15.8 Å². The summed E-state index contributed by atoms with van der Waals surface area (Å²) in [6.07, 6.45) is -8.39. The number of halogens is 6. The lowest BCUT2D eigenvalue weighted by Crippen LogP contribution is -2.29. The molecule has 3 aromatic rings. The summed E-state index contributed by atoms with van der Waals surface area (Å²) in [5.74, 6) is -0.484. The Morgan fingerprint density at radius 3 is 2.10 bits per heavy atom. The number of benzene rings is 2. The number of rotatable bonds is 5. The number of pyridine rings is 1. The number of hydrogen-bond donors (Lipinski definition) is 2. The van der Waals surface area contributed by atoms with Gasteiger partial charge in [0.25, 0.3) is 5.91 Å². The molecule has 0 bridgehead atoms. The van der Waals surface area contributed by atoms with E-state index < -0.39 is 29.4 Å². The van der Waals surface area contributed by atoms with Crippen LogP contribution in [0, 0.1) is 0 Å². The van der Waals surface area contributed by atoms with Crippen molar-refractivity contribution in [2.75, 3.05) is 5.43 Å². The Bertz CT molecular complexity index is 1050. The highest BCUT2D eigenvalue weighted by atomic mass is 19.4. The lowest BCUT2D eigenvalue weighted by Gasteiger charge is -2.12. The van der Waals surface area contributed by atoms with E-state index in [-0.39, 0.29) is 22.9 Å². The molecule has 1 aromatic heterocycles. The number of carbonyl (C=O) groups excluding carboxylic acids is 1. The minimum absolute atomic E-state index is 0.0384. The molecule has 31 heavy (non-hydrogen) atoms. The number of anilines is 1. The van der Waals surface area contributed by atoms with Crippen molar-refractivity contribution < 1.29 is 35.9 Å². The van der Waals surface area contributed by atoms with Crippen LogP contribution in [0.2, 0.25) is 0 Å². The maximum absolute atomic E-state index is 12.7. The molecule has 162 valence electrons. The highest BCUT2D eigenvalue weighted by Gasteiger charge is 2.31. The van der Waals surface area contributed by atoms with Crippen molar-refractivity contribution >= 4 is 11.6 Å². The Hall–Kier alpha value is -3.76. The predicted octanol–water partition coefficient (Wildman–Crippen LogP) is 5.67. The monoisotopic (exact) mass is 441 g/mol. The second kappa shape index (κ2) is 8.54. The molecular weight excluding hydrogens is 428 g/mol. The topological polar surface area (TPSA) is 63.2 Å². The van der Waals surface area contributed by atoms with Crippen LogP contribution in [0.5, 0.6) is 11.6 Å². The molecule has 2 N–H and O–H groups in total. The van der Waals surface area contributed by atoms with Crippen LogP contribution >= 0.6 is 0 Å². The molecule has 11 heteroatoms. The van der Waals surface area contributed by atoms with Crippen molar-refractivity contribution in [1.29, 1.82) is 0 Å².